The van der Waals surface area contributed by atoms with Crippen LogP contribution in [0.15, 0.2) is 42.7 Å². The second-order valence-electron chi connectivity index (χ2n) is 5.87. The summed E-state index contributed by atoms with van der Waals surface area (Å²) in [7, 11) is 0. The Bertz CT molecular complexity index is 916. The summed E-state index contributed by atoms with van der Waals surface area (Å²) in [4.78, 5) is 18.1. The standard InChI is InChI=1S/C18H17F3N4O/c1-11(26)25-16-10-23-15-4-2-12(8-14(15)16)6-7-22-17-5-3-13(9-24-17)18(19,20)21/h2-5,8-10,23H,6-7H2,1H3,(H,22,24)(H,25,26). The smallest absolute Gasteiger partial charge is 0.370 e. The third-order valence-corrected chi connectivity index (χ3v) is 3.87. The van der Waals surface area contributed by atoms with E-state index in [0.29, 0.717) is 24.5 Å². The monoisotopic (exact) mass is 362 g/mol. The number of aromatic amines is 1. The van der Waals surface area contributed by atoms with Crippen molar-refractivity contribution in [3.63, 3.8) is 0 Å². The van der Waals surface area contributed by atoms with Gasteiger partial charge in [-0.15, -0.1) is 0 Å². The fraction of sp³-hybridized carbons (Fsp3) is 0.222. The average Bonchev–Trinajstić information content (AvgIpc) is 2.96. The topological polar surface area (TPSA) is 69.8 Å². The highest BCUT2D eigenvalue weighted by Gasteiger charge is 2.30. The van der Waals surface area contributed by atoms with Gasteiger partial charge in [0.1, 0.15) is 5.82 Å². The maximum atomic E-state index is 12.5. The highest BCUT2D eigenvalue weighted by molar-refractivity contribution is 6.01. The van der Waals surface area contributed by atoms with Gasteiger partial charge in [-0.05, 0) is 36.2 Å². The number of aromatic nitrogens is 2. The number of alkyl halides is 3. The van der Waals surface area contributed by atoms with Gasteiger partial charge in [0, 0.05) is 36.8 Å². The maximum Gasteiger partial charge on any atom is 0.417 e. The number of H-pyrrole nitrogens is 1. The molecule has 0 bridgehead atoms. The summed E-state index contributed by atoms with van der Waals surface area (Å²) in [5.41, 5.74) is 1.89. The van der Waals surface area contributed by atoms with E-state index in [1.807, 2.05) is 18.2 Å². The second-order valence-corrected chi connectivity index (χ2v) is 5.87. The van der Waals surface area contributed by atoms with E-state index in [0.717, 1.165) is 28.7 Å². The maximum absolute atomic E-state index is 12.5. The Morgan fingerprint density at radius 2 is 2.04 bits per heavy atom. The lowest BCUT2D eigenvalue weighted by Gasteiger charge is -2.09. The van der Waals surface area contributed by atoms with Crippen LogP contribution in [-0.4, -0.2) is 22.4 Å². The molecule has 2 heterocycles. The van der Waals surface area contributed by atoms with E-state index in [1.54, 1.807) is 6.20 Å². The summed E-state index contributed by atoms with van der Waals surface area (Å²) in [6, 6.07) is 8.16. The van der Waals surface area contributed by atoms with Crippen LogP contribution in [0.3, 0.4) is 0 Å². The van der Waals surface area contributed by atoms with Gasteiger partial charge < -0.3 is 15.6 Å². The first-order valence-corrected chi connectivity index (χ1v) is 7.97. The first-order valence-electron chi connectivity index (χ1n) is 7.97. The fourth-order valence-electron chi connectivity index (χ4n) is 2.62. The highest BCUT2D eigenvalue weighted by atomic mass is 19.4. The molecule has 1 amide bonds. The SMILES string of the molecule is CC(=O)Nc1c[nH]c2ccc(CCNc3ccc(C(F)(F)F)cn3)cc12. The van der Waals surface area contributed by atoms with E-state index < -0.39 is 11.7 Å². The molecule has 0 fully saturated rings. The Morgan fingerprint density at radius 1 is 1.23 bits per heavy atom. The number of amides is 1. The van der Waals surface area contributed by atoms with Crippen molar-refractivity contribution in [2.75, 3.05) is 17.2 Å². The Kier molecular flexibility index (Phi) is 4.83. The van der Waals surface area contributed by atoms with Crippen LogP contribution in [-0.2, 0) is 17.4 Å². The number of fused-ring (bicyclic) bond motifs is 1. The van der Waals surface area contributed by atoms with Gasteiger partial charge in [-0.2, -0.15) is 13.2 Å². The molecule has 3 aromatic rings. The Morgan fingerprint density at radius 3 is 2.69 bits per heavy atom. The van der Waals surface area contributed by atoms with Gasteiger partial charge in [-0.1, -0.05) is 6.07 Å². The van der Waals surface area contributed by atoms with E-state index in [1.165, 1.54) is 13.0 Å². The van der Waals surface area contributed by atoms with Gasteiger partial charge in [-0.3, -0.25) is 4.79 Å². The summed E-state index contributed by atoms with van der Waals surface area (Å²) in [5, 5.41) is 6.68. The molecule has 2 aromatic heterocycles. The summed E-state index contributed by atoms with van der Waals surface area (Å²) >= 11 is 0. The fourth-order valence-corrected chi connectivity index (χ4v) is 2.62. The number of nitrogens with zero attached hydrogens (tertiary/aromatic N) is 1. The van der Waals surface area contributed by atoms with E-state index in [2.05, 4.69) is 20.6 Å². The number of benzene rings is 1. The summed E-state index contributed by atoms with van der Waals surface area (Å²) in [5.74, 6) is 0.242. The van der Waals surface area contributed by atoms with Crippen molar-refractivity contribution in [2.45, 2.75) is 19.5 Å². The van der Waals surface area contributed by atoms with E-state index >= 15 is 0 Å². The summed E-state index contributed by atoms with van der Waals surface area (Å²) in [6.45, 7) is 1.97. The number of halogens is 3. The zero-order chi connectivity index (χ0) is 18.7. The van der Waals surface area contributed by atoms with Gasteiger partial charge in [0.15, 0.2) is 0 Å². The molecule has 0 aliphatic carbocycles. The van der Waals surface area contributed by atoms with Crippen LogP contribution in [0.5, 0.6) is 0 Å². The molecule has 0 saturated heterocycles. The first-order chi connectivity index (χ1) is 12.3. The van der Waals surface area contributed by atoms with Crippen molar-refractivity contribution in [2.24, 2.45) is 0 Å². The van der Waals surface area contributed by atoms with Crippen LogP contribution in [0.25, 0.3) is 10.9 Å². The molecule has 136 valence electrons. The third kappa shape index (κ3) is 4.14. The quantitative estimate of drug-likeness (QED) is 0.637. The molecular weight excluding hydrogens is 345 g/mol. The lowest BCUT2D eigenvalue weighted by atomic mass is 10.1. The molecule has 3 N–H and O–H groups in total. The van der Waals surface area contributed by atoms with Crippen molar-refractivity contribution in [1.82, 2.24) is 9.97 Å². The molecule has 0 unspecified atom stereocenters. The van der Waals surface area contributed by atoms with Crippen LogP contribution in [0.2, 0.25) is 0 Å². The summed E-state index contributed by atoms with van der Waals surface area (Å²) in [6.07, 6.45) is -1.18. The van der Waals surface area contributed by atoms with E-state index in [4.69, 9.17) is 0 Å². The molecule has 0 atom stereocenters. The van der Waals surface area contributed by atoms with Crippen LogP contribution in [0.1, 0.15) is 18.1 Å². The molecule has 3 rings (SSSR count). The number of hydrogen-bond donors (Lipinski definition) is 3. The minimum atomic E-state index is -4.39. The number of anilines is 2. The third-order valence-electron chi connectivity index (χ3n) is 3.87. The molecular formula is C18H17F3N4O. The largest absolute Gasteiger partial charge is 0.417 e. The molecule has 5 nitrogen and oxygen atoms in total. The van der Waals surface area contributed by atoms with Crippen LogP contribution >= 0.6 is 0 Å². The Hall–Kier alpha value is -3.03. The average molecular weight is 362 g/mol. The lowest BCUT2D eigenvalue weighted by molar-refractivity contribution is -0.137. The Balaban J connectivity index is 1.63. The minimum Gasteiger partial charge on any atom is -0.370 e. The Labute approximate surface area is 147 Å². The molecule has 0 saturated carbocycles. The van der Waals surface area contributed by atoms with Crippen LogP contribution < -0.4 is 10.6 Å². The number of rotatable bonds is 5. The van der Waals surface area contributed by atoms with Crippen LogP contribution in [0.4, 0.5) is 24.7 Å². The van der Waals surface area contributed by atoms with Crippen molar-refractivity contribution in [1.29, 1.82) is 0 Å². The van der Waals surface area contributed by atoms with Crippen molar-refractivity contribution < 1.29 is 18.0 Å². The van der Waals surface area contributed by atoms with Crippen molar-refractivity contribution in [3.05, 3.63) is 53.9 Å². The normalized spacial score (nSPS) is 11.5. The van der Waals surface area contributed by atoms with E-state index in [9.17, 15) is 18.0 Å². The van der Waals surface area contributed by atoms with Gasteiger partial charge >= 0.3 is 6.18 Å². The molecule has 0 aliphatic heterocycles. The van der Waals surface area contributed by atoms with E-state index in [-0.39, 0.29) is 5.91 Å². The number of carbonyl (C=O) groups excluding carboxylic acids is 1. The first kappa shape index (κ1) is 17.8. The minimum absolute atomic E-state index is 0.147. The molecule has 8 heteroatoms. The predicted octanol–water partition coefficient (Wildman–Crippen LogP) is 4.19. The number of hydrogen-bond acceptors (Lipinski definition) is 3. The van der Waals surface area contributed by atoms with Gasteiger partial charge in [0.05, 0.1) is 11.3 Å². The number of carbonyl (C=O) groups is 1. The number of nitrogens with one attached hydrogen (secondary N) is 3. The predicted molar refractivity (Wildman–Crippen MR) is 94.0 cm³/mol. The van der Waals surface area contributed by atoms with Gasteiger partial charge in [-0.25, -0.2) is 4.98 Å². The second kappa shape index (κ2) is 7.07. The molecule has 0 spiro atoms. The summed E-state index contributed by atoms with van der Waals surface area (Å²) < 4.78 is 37.5. The van der Waals surface area contributed by atoms with Crippen LogP contribution in [0, 0.1) is 0 Å². The molecule has 26 heavy (non-hydrogen) atoms. The van der Waals surface area contributed by atoms with Crippen molar-refractivity contribution in [3.8, 4) is 0 Å². The van der Waals surface area contributed by atoms with Gasteiger partial charge in [0.2, 0.25) is 5.91 Å². The molecule has 0 radical (unpaired) electrons. The van der Waals surface area contributed by atoms with Crippen molar-refractivity contribution >= 4 is 28.3 Å². The number of pyridine rings is 1. The zero-order valence-electron chi connectivity index (χ0n) is 13.9. The zero-order valence-corrected chi connectivity index (χ0v) is 13.9. The lowest BCUT2D eigenvalue weighted by Crippen LogP contribution is -2.09. The van der Waals surface area contributed by atoms with Gasteiger partial charge in [0.25, 0.3) is 0 Å². The molecule has 1 aromatic carbocycles. The highest BCUT2D eigenvalue weighted by Crippen LogP contribution is 2.29. The molecule has 0 aliphatic rings.